The summed E-state index contributed by atoms with van der Waals surface area (Å²) in [4.78, 5) is 20.6. The summed E-state index contributed by atoms with van der Waals surface area (Å²) in [5, 5.41) is 2.62. The summed E-state index contributed by atoms with van der Waals surface area (Å²) in [6.07, 6.45) is 3.52. The van der Waals surface area contributed by atoms with Gasteiger partial charge in [0.05, 0.1) is 25.3 Å². The van der Waals surface area contributed by atoms with Crippen molar-refractivity contribution in [3.05, 3.63) is 59.9 Å². The van der Waals surface area contributed by atoms with Crippen LogP contribution in [0, 0.1) is 11.6 Å². The van der Waals surface area contributed by atoms with Crippen LogP contribution in [0.25, 0.3) is 0 Å². The van der Waals surface area contributed by atoms with E-state index in [1.165, 1.54) is 6.07 Å². The average Bonchev–Trinajstić information content (AvgIpc) is 3.11. The minimum Gasteiger partial charge on any atom is -0.373 e. The molecule has 2 amide bonds. The van der Waals surface area contributed by atoms with Gasteiger partial charge in [-0.25, -0.2) is 13.6 Å². The highest BCUT2D eigenvalue weighted by Gasteiger charge is 2.41. The van der Waals surface area contributed by atoms with E-state index >= 15 is 0 Å². The van der Waals surface area contributed by atoms with Gasteiger partial charge in [0.1, 0.15) is 0 Å². The number of carbonyl (C=O) groups is 1. The van der Waals surface area contributed by atoms with Crippen molar-refractivity contribution in [1.82, 2.24) is 14.8 Å². The molecule has 0 saturated carbocycles. The summed E-state index contributed by atoms with van der Waals surface area (Å²) in [5.41, 5.74) is 1.34. The molecule has 142 valence electrons. The molecule has 2 atom stereocenters. The van der Waals surface area contributed by atoms with Gasteiger partial charge in [0.15, 0.2) is 11.6 Å². The zero-order valence-corrected chi connectivity index (χ0v) is 14.6. The first kappa shape index (κ1) is 17.8. The Morgan fingerprint density at radius 1 is 1.26 bits per heavy atom. The van der Waals surface area contributed by atoms with E-state index in [0.29, 0.717) is 19.7 Å². The Morgan fingerprint density at radius 3 is 2.93 bits per heavy atom. The quantitative estimate of drug-likeness (QED) is 0.897. The summed E-state index contributed by atoms with van der Waals surface area (Å²) in [5.74, 6) is -1.94. The van der Waals surface area contributed by atoms with Crippen molar-refractivity contribution in [2.75, 3.05) is 31.6 Å². The average molecular weight is 374 g/mol. The van der Waals surface area contributed by atoms with Crippen LogP contribution in [-0.2, 0) is 11.3 Å². The number of pyridine rings is 1. The Morgan fingerprint density at radius 2 is 2.15 bits per heavy atom. The molecule has 1 aromatic carbocycles. The molecule has 2 fully saturated rings. The third-order valence-corrected chi connectivity index (χ3v) is 4.98. The van der Waals surface area contributed by atoms with E-state index < -0.39 is 11.6 Å². The number of hydrogen-bond donors (Lipinski definition) is 1. The lowest BCUT2D eigenvalue weighted by molar-refractivity contribution is -0.0503. The van der Waals surface area contributed by atoms with Crippen LogP contribution in [-0.4, -0.2) is 59.2 Å². The van der Waals surface area contributed by atoms with Gasteiger partial charge in [-0.15, -0.1) is 0 Å². The molecule has 2 aliphatic heterocycles. The molecule has 2 aromatic rings. The van der Waals surface area contributed by atoms with Gasteiger partial charge in [0, 0.05) is 43.8 Å². The smallest absolute Gasteiger partial charge is 0.321 e. The molecule has 0 radical (unpaired) electrons. The number of morpholine rings is 1. The van der Waals surface area contributed by atoms with Gasteiger partial charge in [0.2, 0.25) is 0 Å². The van der Waals surface area contributed by atoms with E-state index in [1.807, 2.05) is 18.3 Å². The lowest BCUT2D eigenvalue weighted by Crippen LogP contribution is -2.50. The first-order chi connectivity index (χ1) is 13.1. The van der Waals surface area contributed by atoms with Crippen LogP contribution in [0.2, 0.25) is 0 Å². The maximum Gasteiger partial charge on any atom is 0.321 e. The van der Waals surface area contributed by atoms with Crippen LogP contribution in [0.15, 0.2) is 42.7 Å². The molecule has 27 heavy (non-hydrogen) atoms. The molecule has 0 unspecified atom stereocenters. The number of hydrogen-bond acceptors (Lipinski definition) is 4. The van der Waals surface area contributed by atoms with E-state index in [-0.39, 0.29) is 23.9 Å². The molecule has 3 heterocycles. The van der Waals surface area contributed by atoms with E-state index in [9.17, 15) is 13.6 Å². The summed E-state index contributed by atoms with van der Waals surface area (Å²) in [6.45, 7) is 3.12. The summed E-state index contributed by atoms with van der Waals surface area (Å²) < 4.78 is 32.2. The normalized spacial score (nSPS) is 22.5. The number of amides is 2. The predicted molar refractivity (Wildman–Crippen MR) is 95.1 cm³/mol. The van der Waals surface area contributed by atoms with Gasteiger partial charge in [-0.1, -0.05) is 6.07 Å². The molecule has 0 aliphatic carbocycles. The number of aromatic nitrogens is 1. The number of urea groups is 1. The van der Waals surface area contributed by atoms with Crippen LogP contribution in [0.1, 0.15) is 5.56 Å². The number of likely N-dealkylation sites (tertiary alicyclic amines) is 1. The van der Waals surface area contributed by atoms with Crippen LogP contribution in [0.3, 0.4) is 0 Å². The van der Waals surface area contributed by atoms with Gasteiger partial charge < -0.3 is 15.0 Å². The highest BCUT2D eigenvalue weighted by atomic mass is 19.2. The number of fused-ring (bicyclic) bond motifs is 1. The van der Waals surface area contributed by atoms with E-state index in [0.717, 1.165) is 30.8 Å². The number of benzene rings is 1. The lowest BCUT2D eigenvalue weighted by atomic mass is 10.1. The van der Waals surface area contributed by atoms with Crippen molar-refractivity contribution in [2.45, 2.75) is 18.7 Å². The second kappa shape index (κ2) is 7.58. The monoisotopic (exact) mass is 374 g/mol. The van der Waals surface area contributed by atoms with Gasteiger partial charge in [-0.3, -0.25) is 9.88 Å². The molecule has 8 heteroatoms. The molecule has 0 bridgehead atoms. The SMILES string of the molecule is O=C(Nc1ccc(F)c(F)c1)N1C[C@@H]2OCCN(Cc3cccnc3)[C@H]2C1. The highest BCUT2D eigenvalue weighted by molar-refractivity contribution is 5.89. The number of ether oxygens (including phenoxy) is 1. The van der Waals surface area contributed by atoms with Crippen molar-refractivity contribution in [1.29, 1.82) is 0 Å². The van der Waals surface area contributed by atoms with E-state index in [2.05, 4.69) is 15.2 Å². The standard InChI is InChI=1S/C19H20F2N4O2/c20-15-4-3-14(8-16(15)21)23-19(26)25-11-17-18(12-25)27-7-6-24(17)10-13-2-1-5-22-9-13/h1-5,8-9,17-18H,6-7,10-12H2,(H,23,26)/t17-,18-/m0/s1. The summed E-state index contributed by atoms with van der Waals surface area (Å²) in [6, 6.07) is 6.98. The van der Waals surface area contributed by atoms with Crippen molar-refractivity contribution in [3.8, 4) is 0 Å². The van der Waals surface area contributed by atoms with E-state index in [1.54, 1.807) is 11.1 Å². The first-order valence-corrected chi connectivity index (χ1v) is 8.86. The lowest BCUT2D eigenvalue weighted by Gasteiger charge is -2.36. The maximum atomic E-state index is 13.3. The maximum absolute atomic E-state index is 13.3. The van der Waals surface area contributed by atoms with Gasteiger partial charge in [-0.05, 0) is 23.8 Å². The Kier molecular flexibility index (Phi) is 5.00. The summed E-state index contributed by atoms with van der Waals surface area (Å²) >= 11 is 0. The molecular weight excluding hydrogens is 354 g/mol. The number of anilines is 1. The Bertz CT molecular complexity index is 821. The fourth-order valence-electron chi connectivity index (χ4n) is 3.62. The topological polar surface area (TPSA) is 57.7 Å². The minimum atomic E-state index is -0.992. The van der Waals surface area contributed by atoms with Crippen LogP contribution >= 0.6 is 0 Å². The Balaban J connectivity index is 1.41. The molecule has 6 nitrogen and oxygen atoms in total. The Labute approximate surface area is 155 Å². The molecule has 1 N–H and O–H groups in total. The van der Waals surface area contributed by atoms with Crippen molar-refractivity contribution < 1.29 is 18.3 Å². The van der Waals surface area contributed by atoms with E-state index in [4.69, 9.17) is 4.74 Å². The highest BCUT2D eigenvalue weighted by Crippen LogP contribution is 2.25. The molecule has 2 saturated heterocycles. The van der Waals surface area contributed by atoms with Gasteiger partial charge >= 0.3 is 6.03 Å². The minimum absolute atomic E-state index is 0.0638. The number of nitrogens with one attached hydrogen (secondary N) is 1. The third kappa shape index (κ3) is 3.91. The molecule has 4 rings (SSSR count). The number of halogens is 2. The predicted octanol–water partition coefficient (Wildman–Crippen LogP) is 2.48. The fourth-order valence-corrected chi connectivity index (χ4v) is 3.62. The van der Waals surface area contributed by atoms with Gasteiger partial charge in [-0.2, -0.15) is 0 Å². The van der Waals surface area contributed by atoms with Crippen molar-refractivity contribution >= 4 is 11.7 Å². The number of carbonyl (C=O) groups excluding carboxylic acids is 1. The van der Waals surface area contributed by atoms with Crippen molar-refractivity contribution in [2.24, 2.45) is 0 Å². The van der Waals surface area contributed by atoms with Crippen LogP contribution in [0.4, 0.5) is 19.3 Å². The largest absolute Gasteiger partial charge is 0.373 e. The first-order valence-electron chi connectivity index (χ1n) is 8.86. The second-order valence-electron chi connectivity index (χ2n) is 6.77. The fraction of sp³-hybridized carbons (Fsp3) is 0.368. The van der Waals surface area contributed by atoms with Crippen LogP contribution < -0.4 is 5.32 Å². The van der Waals surface area contributed by atoms with Crippen LogP contribution in [0.5, 0.6) is 0 Å². The number of nitrogens with zero attached hydrogens (tertiary/aromatic N) is 3. The van der Waals surface area contributed by atoms with Gasteiger partial charge in [0.25, 0.3) is 0 Å². The Hall–Kier alpha value is -2.58. The van der Waals surface area contributed by atoms with Crippen molar-refractivity contribution in [3.63, 3.8) is 0 Å². The molecule has 0 spiro atoms. The molecule has 1 aromatic heterocycles. The zero-order chi connectivity index (χ0) is 18.8. The summed E-state index contributed by atoms with van der Waals surface area (Å²) in [7, 11) is 0. The molecular formula is C19H20F2N4O2. The zero-order valence-electron chi connectivity index (χ0n) is 14.6. The molecule has 2 aliphatic rings. The second-order valence-corrected chi connectivity index (χ2v) is 6.77. The number of rotatable bonds is 3. The third-order valence-electron chi connectivity index (χ3n) is 4.98.